The van der Waals surface area contributed by atoms with Crippen molar-refractivity contribution in [3.63, 3.8) is 0 Å². The zero-order chi connectivity index (χ0) is 20.4. The van der Waals surface area contributed by atoms with E-state index in [1.54, 1.807) is 13.8 Å². The van der Waals surface area contributed by atoms with E-state index in [1.807, 2.05) is 13.0 Å². The summed E-state index contributed by atoms with van der Waals surface area (Å²) in [4.78, 5) is 26.3. The highest BCUT2D eigenvalue weighted by atomic mass is 16.5. The molecule has 29 heavy (non-hydrogen) atoms. The molecular weight excluding hydrogens is 368 g/mol. The number of benzene rings is 1. The Bertz CT molecular complexity index is 1010. The second-order valence-corrected chi connectivity index (χ2v) is 7.28. The average molecular weight is 394 g/mol. The average Bonchev–Trinajstić information content (AvgIpc) is 3.04. The zero-order valence-corrected chi connectivity index (χ0v) is 17.1. The molecular formula is C22H26N4O3. The maximum atomic E-state index is 12.6. The number of esters is 1. The molecule has 1 fully saturated rings. The molecule has 2 aromatic heterocycles. The molecule has 0 N–H and O–H groups in total. The Morgan fingerprint density at radius 1 is 1.10 bits per heavy atom. The first-order chi connectivity index (χ1) is 14.1. The number of hydrogen-bond acceptors (Lipinski definition) is 7. The third kappa shape index (κ3) is 3.96. The van der Waals surface area contributed by atoms with Gasteiger partial charge in [-0.05, 0) is 26.3 Å². The van der Waals surface area contributed by atoms with Gasteiger partial charge in [0.25, 0.3) is 0 Å². The third-order valence-corrected chi connectivity index (χ3v) is 5.22. The molecule has 0 radical (unpaired) electrons. The number of carbonyl (C=O) groups is 1. The largest absolute Gasteiger partial charge is 0.462 e. The number of rotatable bonds is 5. The molecule has 7 heteroatoms. The maximum absolute atomic E-state index is 12.6. The minimum absolute atomic E-state index is 0.311. The van der Waals surface area contributed by atoms with E-state index in [-0.39, 0.29) is 5.97 Å². The number of anilines is 1. The van der Waals surface area contributed by atoms with Crippen molar-refractivity contribution in [1.82, 2.24) is 14.9 Å². The molecule has 0 unspecified atom stereocenters. The number of hydrogen-bond donors (Lipinski definition) is 0. The summed E-state index contributed by atoms with van der Waals surface area (Å²) in [5.41, 5.74) is 2.19. The molecule has 0 amide bonds. The van der Waals surface area contributed by atoms with Gasteiger partial charge < -0.3 is 14.1 Å². The second kappa shape index (κ2) is 8.21. The van der Waals surface area contributed by atoms with Crippen LogP contribution in [0.3, 0.4) is 0 Å². The van der Waals surface area contributed by atoms with Gasteiger partial charge in [0.05, 0.1) is 12.0 Å². The molecule has 4 rings (SSSR count). The number of nitrogens with zero attached hydrogens (tertiary/aromatic N) is 4. The molecule has 0 bridgehead atoms. The summed E-state index contributed by atoms with van der Waals surface area (Å²) in [5.74, 6) is 1.51. The molecule has 1 aliphatic rings. The van der Waals surface area contributed by atoms with Crippen LogP contribution in [0.5, 0.6) is 0 Å². The van der Waals surface area contributed by atoms with Crippen LogP contribution in [0.25, 0.3) is 11.1 Å². The zero-order valence-electron chi connectivity index (χ0n) is 17.1. The van der Waals surface area contributed by atoms with E-state index in [2.05, 4.69) is 44.0 Å². The summed E-state index contributed by atoms with van der Waals surface area (Å²) in [7, 11) is 0. The van der Waals surface area contributed by atoms with E-state index in [1.165, 1.54) is 5.56 Å². The third-order valence-electron chi connectivity index (χ3n) is 5.22. The molecule has 1 aliphatic heterocycles. The van der Waals surface area contributed by atoms with Gasteiger partial charge in [0.15, 0.2) is 0 Å². The molecule has 7 nitrogen and oxygen atoms in total. The molecule has 152 valence electrons. The minimum Gasteiger partial charge on any atom is -0.462 e. The maximum Gasteiger partial charge on any atom is 0.342 e. The summed E-state index contributed by atoms with van der Waals surface area (Å²) >= 11 is 0. The van der Waals surface area contributed by atoms with Crippen LogP contribution in [0.2, 0.25) is 0 Å². The Morgan fingerprint density at radius 2 is 1.83 bits per heavy atom. The number of aromatic nitrogens is 2. The van der Waals surface area contributed by atoms with E-state index >= 15 is 0 Å². The van der Waals surface area contributed by atoms with E-state index < -0.39 is 0 Å². The molecule has 1 saturated heterocycles. The quantitative estimate of drug-likeness (QED) is 0.615. The van der Waals surface area contributed by atoms with Crippen molar-refractivity contribution >= 4 is 22.9 Å². The standard InChI is InChI=1S/C22H26N4O3/c1-4-28-22(27)18-15(2)29-21-19(18)20(23-16(3)24-21)26-12-10-25(11-13-26)14-17-8-6-5-7-9-17/h5-9H,4,10-14H2,1-3H3. The van der Waals surface area contributed by atoms with Crippen LogP contribution in [0.15, 0.2) is 34.7 Å². The van der Waals surface area contributed by atoms with Gasteiger partial charge >= 0.3 is 5.97 Å². The second-order valence-electron chi connectivity index (χ2n) is 7.28. The first-order valence-corrected chi connectivity index (χ1v) is 10.0. The highest BCUT2D eigenvalue weighted by molar-refractivity contribution is 6.08. The molecule has 3 aromatic rings. The fourth-order valence-corrected chi connectivity index (χ4v) is 3.83. The summed E-state index contributed by atoms with van der Waals surface area (Å²) in [6.07, 6.45) is 0. The molecule has 0 spiro atoms. The van der Waals surface area contributed by atoms with Gasteiger partial charge in [0.1, 0.15) is 23.0 Å². The summed E-state index contributed by atoms with van der Waals surface area (Å²) < 4.78 is 11.0. The fraction of sp³-hybridized carbons (Fsp3) is 0.409. The number of carbonyl (C=O) groups excluding carboxylic acids is 1. The Morgan fingerprint density at radius 3 is 2.52 bits per heavy atom. The number of piperazine rings is 1. The van der Waals surface area contributed by atoms with Gasteiger partial charge in [-0.15, -0.1) is 0 Å². The van der Waals surface area contributed by atoms with Crippen LogP contribution in [0.4, 0.5) is 5.82 Å². The lowest BCUT2D eigenvalue weighted by molar-refractivity contribution is 0.0526. The fourth-order valence-electron chi connectivity index (χ4n) is 3.83. The Kier molecular flexibility index (Phi) is 5.49. The van der Waals surface area contributed by atoms with Crippen LogP contribution >= 0.6 is 0 Å². The normalized spacial score (nSPS) is 15.1. The van der Waals surface area contributed by atoms with Crippen molar-refractivity contribution in [2.24, 2.45) is 0 Å². The van der Waals surface area contributed by atoms with Crippen molar-refractivity contribution in [3.8, 4) is 0 Å². The van der Waals surface area contributed by atoms with Gasteiger partial charge in [-0.1, -0.05) is 30.3 Å². The Labute approximate surface area is 170 Å². The lowest BCUT2D eigenvalue weighted by atomic mass is 10.1. The van der Waals surface area contributed by atoms with Crippen LogP contribution in [-0.4, -0.2) is 53.6 Å². The highest BCUT2D eigenvalue weighted by Crippen LogP contribution is 2.33. The van der Waals surface area contributed by atoms with Crippen LogP contribution in [-0.2, 0) is 11.3 Å². The van der Waals surface area contributed by atoms with Crippen molar-refractivity contribution in [1.29, 1.82) is 0 Å². The lowest BCUT2D eigenvalue weighted by Crippen LogP contribution is -2.46. The molecule has 0 atom stereocenters. The first kappa shape index (κ1) is 19.4. The highest BCUT2D eigenvalue weighted by Gasteiger charge is 2.28. The predicted molar refractivity (Wildman–Crippen MR) is 111 cm³/mol. The van der Waals surface area contributed by atoms with Crippen LogP contribution in [0.1, 0.15) is 34.4 Å². The topological polar surface area (TPSA) is 71.7 Å². The smallest absolute Gasteiger partial charge is 0.342 e. The summed E-state index contributed by atoms with van der Waals surface area (Å²) in [6, 6.07) is 10.5. The monoisotopic (exact) mass is 394 g/mol. The summed E-state index contributed by atoms with van der Waals surface area (Å²) in [5, 5.41) is 0.656. The van der Waals surface area contributed by atoms with E-state index in [0.717, 1.165) is 38.5 Å². The number of ether oxygens (including phenoxy) is 1. The summed E-state index contributed by atoms with van der Waals surface area (Å²) in [6.45, 7) is 10.1. The van der Waals surface area contributed by atoms with Crippen LogP contribution < -0.4 is 4.90 Å². The number of fused-ring (bicyclic) bond motifs is 1. The van der Waals surface area contributed by atoms with Gasteiger partial charge in [-0.2, -0.15) is 4.98 Å². The SMILES string of the molecule is CCOC(=O)c1c(C)oc2nc(C)nc(N3CCN(Cc4ccccc4)CC3)c12. The van der Waals surface area contributed by atoms with Crippen molar-refractivity contribution in [2.75, 3.05) is 37.7 Å². The van der Waals surface area contributed by atoms with Crippen molar-refractivity contribution < 1.29 is 13.9 Å². The van der Waals surface area contributed by atoms with Gasteiger partial charge in [-0.25, -0.2) is 9.78 Å². The first-order valence-electron chi connectivity index (χ1n) is 10.0. The Balaban J connectivity index is 1.60. The van der Waals surface area contributed by atoms with E-state index in [0.29, 0.717) is 34.9 Å². The van der Waals surface area contributed by atoms with Gasteiger partial charge in [-0.3, -0.25) is 4.90 Å². The molecule has 0 aliphatic carbocycles. The van der Waals surface area contributed by atoms with E-state index in [9.17, 15) is 4.79 Å². The number of furan rings is 1. The predicted octanol–water partition coefficient (Wildman–Crippen LogP) is 3.34. The van der Waals surface area contributed by atoms with Crippen LogP contribution in [0, 0.1) is 13.8 Å². The molecule has 1 aromatic carbocycles. The molecule has 3 heterocycles. The van der Waals surface area contributed by atoms with E-state index in [4.69, 9.17) is 9.15 Å². The van der Waals surface area contributed by atoms with Crippen molar-refractivity contribution in [2.45, 2.75) is 27.3 Å². The minimum atomic E-state index is -0.389. The number of aryl methyl sites for hydroxylation is 2. The molecule has 0 saturated carbocycles. The van der Waals surface area contributed by atoms with Gasteiger partial charge in [0.2, 0.25) is 5.71 Å². The van der Waals surface area contributed by atoms with Crippen molar-refractivity contribution in [3.05, 3.63) is 53.0 Å². The Hall–Kier alpha value is -2.93. The van der Waals surface area contributed by atoms with Gasteiger partial charge in [0, 0.05) is 32.7 Å². The lowest BCUT2D eigenvalue weighted by Gasteiger charge is -2.35.